The first-order valence-corrected chi connectivity index (χ1v) is 9.36. The van der Waals surface area contributed by atoms with E-state index in [2.05, 4.69) is 46.8 Å². The van der Waals surface area contributed by atoms with Crippen LogP contribution in [0.1, 0.15) is 42.7 Å². The predicted octanol–water partition coefficient (Wildman–Crippen LogP) is 4.14. The lowest BCUT2D eigenvalue weighted by molar-refractivity contribution is 0.145. The van der Waals surface area contributed by atoms with Crippen LogP contribution in [0.5, 0.6) is 0 Å². The van der Waals surface area contributed by atoms with Crippen molar-refractivity contribution in [1.82, 2.24) is 0 Å². The molecule has 1 aromatic carbocycles. The Morgan fingerprint density at radius 1 is 1.38 bits per heavy atom. The van der Waals surface area contributed by atoms with Gasteiger partial charge in [0.25, 0.3) is 0 Å². The molecule has 1 atom stereocenters. The third kappa shape index (κ3) is 3.72. The van der Waals surface area contributed by atoms with Gasteiger partial charge >= 0.3 is 0 Å². The molecule has 3 rings (SSSR count). The highest BCUT2D eigenvalue weighted by molar-refractivity contribution is 7.10. The molecule has 0 aliphatic carbocycles. The number of hydrogen-bond donors (Lipinski definition) is 2. The summed E-state index contributed by atoms with van der Waals surface area (Å²) in [5.41, 5.74) is 2.64. The Morgan fingerprint density at radius 3 is 2.79 bits per heavy atom. The van der Waals surface area contributed by atoms with Crippen LogP contribution in [0.3, 0.4) is 0 Å². The van der Waals surface area contributed by atoms with Crippen LogP contribution in [-0.4, -0.2) is 24.3 Å². The lowest BCUT2D eigenvalue weighted by atomic mass is 10.0. The molecular weight excluding hydrogens is 318 g/mol. The number of thiophene rings is 1. The summed E-state index contributed by atoms with van der Waals surface area (Å²) in [4.78, 5) is 3.51. The first-order chi connectivity index (χ1) is 11.7. The summed E-state index contributed by atoms with van der Waals surface area (Å²) < 4.78 is 0. The molecule has 1 saturated heterocycles. The maximum atomic E-state index is 9.66. The van der Waals surface area contributed by atoms with Gasteiger partial charge in [-0.25, -0.2) is 0 Å². The van der Waals surface area contributed by atoms with Crippen LogP contribution < -0.4 is 10.2 Å². The molecule has 1 aliphatic heterocycles. The zero-order valence-corrected chi connectivity index (χ0v) is 14.7. The van der Waals surface area contributed by atoms with Gasteiger partial charge in [-0.3, -0.25) is 0 Å². The molecule has 1 fully saturated rings. The molecule has 2 aromatic rings. The summed E-state index contributed by atoms with van der Waals surface area (Å²) in [7, 11) is 0. The van der Waals surface area contributed by atoms with E-state index in [4.69, 9.17) is 0 Å². The van der Waals surface area contributed by atoms with Crippen molar-refractivity contribution in [3.05, 3.63) is 46.2 Å². The van der Waals surface area contributed by atoms with Gasteiger partial charge in [-0.15, -0.1) is 11.3 Å². The van der Waals surface area contributed by atoms with Crippen LogP contribution in [0.25, 0.3) is 0 Å². The van der Waals surface area contributed by atoms with Gasteiger partial charge in [0.1, 0.15) is 6.07 Å². The third-order valence-electron chi connectivity index (χ3n) is 4.56. The lowest BCUT2D eigenvalue weighted by Gasteiger charge is -2.32. The summed E-state index contributed by atoms with van der Waals surface area (Å²) in [6.07, 6.45) is 2.32. The highest BCUT2D eigenvalue weighted by Crippen LogP contribution is 2.30. The highest BCUT2D eigenvalue weighted by Gasteiger charge is 2.20. The monoisotopic (exact) mass is 341 g/mol. The van der Waals surface area contributed by atoms with Gasteiger partial charge in [-0.05, 0) is 48.9 Å². The van der Waals surface area contributed by atoms with E-state index < -0.39 is 0 Å². The average Bonchev–Trinajstić information content (AvgIpc) is 3.14. The number of nitrogens with one attached hydrogen (secondary N) is 1. The fraction of sp³-hybridized carbons (Fsp3) is 0.421. The summed E-state index contributed by atoms with van der Waals surface area (Å²) in [6, 6.07) is 12.8. The second-order valence-electron chi connectivity index (χ2n) is 6.18. The fourth-order valence-corrected chi connectivity index (χ4v) is 4.02. The smallest absolute Gasteiger partial charge is 0.101 e. The van der Waals surface area contributed by atoms with Gasteiger partial charge in [0, 0.05) is 23.7 Å². The molecule has 1 unspecified atom stereocenters. The van der Waals surface area contributed by atoms with Crippen LogP contribution in [-0.2, 0) is 0 Å². The van der Waals surface area contributed by atoms with Crippen molar-refractivity contribution in [3.8, 4) is 6.07 Å². The average molecular weight is 341 g/mol. The molecule has 24 heavy (non-hydrogen) atoms. The Morgan fingerprint density at radius 2 is 2.17 bits per heavy atom. The summed E-state index contributed by atoms with van der Waals surface area (Å²) in [6.45, 7) is 3.76. The maximum Gasteiger partial charge on any atom is 0.101 e. The standard InChI is InChI=1S/C19H23N3OS/c1-2-17(19-4-3-11-24-19)21-15-5-6-18(14(12-15)13-20)22-9-7-16(23)8-10-22/h3-6,11-12,16-17,21,23H,2,7-10H2,1H3. The Balaban J connectivity index is 1.78. The summed E-state index contributed by atoms with van der Waals surface area (Å²) in [5.74, 6) is 0. The highest BCUT2D eigenvalue weighted by atomic mass is 32.1. The molecule has 1 aliphatic rings. The molecular formula is C19H23N3OS. The second kappa shape index (κ2) is 7.69. The number of rotatable bonds is 5. The van der Waals surface area contributed by atoms with E-state index >= 15 is 0 Å². The molecule has 0 radical (unpaired) electrons. The van der Waals surface area contributed by atoms with Crippen LogP contribution in [0, 0.1) is 11.3 Å². The first kappa shape index (κ1) is 16.8. The van der Waals surface area contributed by atoms with Crippen molar-refractivity contribution in [2.24, 2.45) is 0 Å². The molecule has 1 aromatic heterocycles. The maximum absolute atomic E-state index is 9.66. The number of hydrogen-bond acceptors (Lipinski definition) is 5. The van der Waals surface area contributed by atoms with Crippen molar-refractivity contribution >= 4 is 22.7 Å². The number of nitriles is 1. The molecule has 0 amide bonds. The Kier molecular flexibility index (Phi) is 5.39. The largest absolute Gasteiger partial charge is 0.393 e. The molecule has 126 valence electrons. The third-order valence-corrected chi connectivity index (χ3v) is 5.54. The van der Waals surface area contributed by atoms with Gasteiger partial charge in [-0.1, -0.05) is 13.0 Å². The Bertz CT molecular complexity index is 700. The van der Waals surface area contributed by atoms with Gasteiger partial charge in [-0.2, -0.15) is 5.26 Å². The number of aliphatic hydroxyl groups excluding tert-OH is 1. The van der Waals surface area contributed by atoms with Crippen molar-refractivity contribution in [1.29, 1.82) is 5.26 Å². The van der Waals surface area contributed by atoms with Crippen molar-refractivity contribution in [3.63, 3.8) is 0 Å². The summed E-state index contributed by atoms with van der Waals surface area (Å²) >= 11 is 1.75. The minimum atomic E-state index is -0.205. The number of anilines is 2. The van der Waals surface area contributed by atoms with Crippen LogP contribution in [0.15, 0.2) is 35.7 Å². The quantitative estimate of drug-likeness (QED) is 0.858. The molecule has 0 spiro atoms. The first-order valence-electron chi connectivity index (χ1n) is 8.48. The zero-order chi connectivity index (χ0) is 16.9. The topological polar surface area (TPSA) is 59.3 Å². The molecule has 0 saturated carbocycles. The van der Waals surface area contributed by atoms with Crippen LogP contribution in [0.2, 0.25) is 0 Å². The van der Waals surface area contributed by atoms with E-state index in [9.17, 15) is 10.4 Å². The molecule has 5 heteroatoms. The van der Waals surface area contributed by atoms with Crippen molar-refractivity contribution in [2.75, 3.05) is 23.3 Å². The van der Waals surface area contributed by atoms with Crippen molar-refractivity contribution in [2.45, 2.75) is 38.3 Å². The second-order valence-corrected chi connectivity index (χ2v) is 7.16. The van der Waals surface area contributed by atoms with Gasteiger partial charge in [0.15, 0.2) is 0 Å². The number of nitrogens with zero attached hydrogens (tertiary/aromatic N) is 2. The van der Waals surface area contributed by atoms with E-state index in [1.807, 2.05) is 12.1 Å². The molecule has 4 nitrogen and oxygen atoms in total. The number of piperidine rings is 1. The van der Waals surface area contributed by atoms with E-state index in [1.165, 1.54) is 4.88 Å². The van der Waals surface area contributed by atoms with Crippen LogP contribution >= 0.6 is 11.3 Å². The molecule has 2 N–H and O–H groups in total. The number of benzene rings is 1. The number of aliphatic hydroxyl groups is 1. The fourth-order valence-electron chi connectivity index (χ4n) is 3.16. The normalized spacial score (nSPS) is 16.6. The van der Waals surface area contributed by atoms with Gasteiger partial charge < -0.3 is 15.3 Å². The van der Waals surface area contributed by atoms with Gasteiger partial charge in [0.05, 0.1) is 23.4 Å². The lowest BCUT2D eigenvalue weighted by Crippen LogP contribution is -2.36. The summed E-state index contributed by atoms with van der Waals surface area (Å²) in [5, 5.41) is 24.8. The van der Waals surface area contributed by atoms with E-state index in [-0.39, 0.29) is 12.1 Å². The van der Waals surface area contributed by atoms with Crippen LogP contribution in [0.4, 0.5) is 11.4 Å². The Labute approximate surface area is 147 Å². The van der Waals surface area contributed by atoms with Gasteiger partial charge in [0.2, 0.25) is 0 Å². The van der Waals surface area contributed by atoms with Crippen molar-refractivity contribution < 1.29 is 5.11 Å². The minimum Gasteiger partial charge on any atom is -0.393 e. The predicted molar refractivity (Wildman–Crippen MR) is 99.6 cm³/mol. The van der Waals surface area contributed by atoms with E-state index in [0.717, 1.165) is 43.7 Å². The zero-order valence-electron chi connectivity index (χ0n) is 13.9. The minimum absolute atomic E-state index is 0.205. The molecule has 0 bridgehead atoms. The molecule has 2 heterocycles. The van der Waals surface area contributed by atoms with E-state index in [1.54, 1.807) is 11.3 Å². The Hall–Kier alpha value is -2.03. The SMILES string of the molecule is CCC(Nc1ccc(N2CCC(O)CC2)c(C#N)c1)c1cccs1. The van der Waals surface area contributed by atoms with E-state index in [0.29, 0.717) is 5.56 Å².